The van der Waals surface area contributed by atoms with E-state index in [9.17, 15) is 4.21 Å². The molecule has 20 heavy (non-hydrogen) atoms. The molecule has 2 aromatic carbocycles. The van der Waals surface area contributed by atoms with Gasteiger partial charge in [-0.25, -0.2) is 4.21 Å². The Morgan fingerprint density at radius 3 is 2.50 bits per heavy atom. The highest BCUT2D eigenvalue weighted by atomic mass is 32.2. The average molecular weight is 283 g/mol. The standard InChI is InChI=1S/C17H17NOS/c1-20(19,15-10-3-2-4-11-15)18-17-13-7-9-14-8-5-6-12-16(14)17/h2-6,8,10-13H,7,9H2,1H3. The molecule has 1 unspecified atom stereocenters. The van der Waals surface area contributed by atoms with Crippen molar-refractivity contribution in [2.75, 3.05) is 6.26 Å². The minimum atomic E-state index is -2.40. The van der Waals surface area contributed by atoms with Crippen LogP contribution in [0.15, 0.2) is 69.9 Å². The van der Waals surface area contributed by atoms with E-state index in [4.69, 9.17) is 0 Å². The predicted octanol–water partition coefficient (Wildman–Crippen LogP) is 4.13. The maximum atomic E-state index is 12.9. The zero-order valence-corrected chi connectivity index (χ0v) is 12.3. The highest BCUT2D eigenvalue weighted by Crippen LogP contribution is 2.29. The molecule has 3 heteroatoms. The molecule has 1 aliphatic carbocycles. The molecule has 0 radical (unpaired) electrons. The predicted molar refractivity (Wildman–Crippen MR) is 83.9 cm³/mol. The summed E-state index contributed by atoms with van der Waals surface area (Å²) in [5.41, 5.74) is 3.27. The summed E-state index contributed by atoms with van der Waals surface area (Å²) < 4.78 is 17.4. The van der Waals surface area contributed by atoms with E-state index in [0.29, 0.717) is 0 Å². The van der Waals surface area contributed by atoms with Crippen molar-refractivity contribution in [3.8, 4) is 0 Å². The number of allylic oxidation sites excluding steroid dienone is 1. The molecule has 0 saturated carbocycles. The third kappa shape index (κ3) is 2.54. The van der Waals surface area contributed by atoms with Gasteiger partial charge in [-0.15, -0.1) is 0 Å². The lowest BCUT2D eigenvalue weighted by atomic mass is 9.95. The van der Waals surface area contributed by atoms with Crippen LogP contribution in [-0.2, 0) is 16.1 Å². The summed E-state index contributed by atoms with van der Waals surface area (Å²) in [6.45, 7) is 0. The molecule has 2 aromatic rings. The van der Waals surface area contributed by atoms with Crippen molar-refractivity contribution in [2.45, 2.75) is 17.7 Å². The van der Waals surface area contributed by atoms with Crippen LogP contribution in [0.4, 0.5) is 0 Å². The molecule has 102 valence electrons. The van der Waals surface area contributed by atoms with Gasteiger partial charge in [0, 0.05) is 16.7 Å². The van der Waals surface area contributed by atoms with E-state index in [-0.39, 0.29) is 0 Å². The van der Waals surface area contributed by atoms with Crippen LogP contribution in [0.25, 0.3) is 5.70 Å². The first-order valence-corrected chi connectivity index (χ1v) is 8.65. The average Bonchev–Trinajstić information content (AvgIpc) is 2.48. The number of hydrogen-bond acceptors (Lipinski definition) is 2. The first-order chi connectivity index (χ1) is 9.67. The molecule has 0 fully saturated rings. The minimum Gasteiger partial charge on any atom is -0.245 e. The highest BCUT2D eigenvalue weighted by Gasteiger charge is 2.14. The largest absolute Gasteiger partial charge is 0.245 e. The molecule has 2 nitrogen and oxygen atoms in total. The molecule has 3 rings (SSSR count). The second kappa shape index (κ2) is 5.25. The minimum absolute atomic E-state index is 0.781. The van der Waals surface area contributed by atoms with Crippen LogP contribution in [0.2, 0.25) is 0 Å². The van der Waals surface area contributed by atoms with E-state index < -0.39 is 9.73 Å². The molecule has 1 atom stereocenters. The van der Waals surface area contributed by atoms with Gasteiger partial charge >= 0.3 is 0 Å². The van der Waals surface area contributed by atoms with Crippen molar-refractivity contribution in [1.82, 2.24) is 0 Å². The summed E-state index contributed by atoms with van der Waals surface area (Å²) in [6, 6.07) is 17.7. The van der Waals surface area contributed by atoms with Gasteiger partial charge in [-0.2, -0.15) is 4.36 Å². The van der Waals surface area contributed by atoms with Crippen LogP contribution in [0.5, 0.6) is 0 Å². The summed E-state index contributed by atoms with van der Waals surface area (Å²) in [6.07, 6.45) is 5.79. The molecule has 0 saturated heterocycles. The summed E-state index contributed by atoms with van der Waals surface area (Å²) in [4.78, 5) is 0.781. The van der Waals surface area contributed by atoms with Crippen LogP contribution >= 0.6 is 0 Å². The summed E-state index contributed by atoms with van der Waals surface area (Å²) >= 11 is 0. The summed E-state index contributed by atoms with van der Waals surface area (Å²) in [5.74, 6) is 0. The molecular formula is C17H17NOS. The number of hydrogen-bond donors (Lipinski definition) is 0. The van der Waals surface area contributed by atoms with Crippen molar-refractivity contribution in [3.63, 3.8) is 0 Å². The molecule has 0 bridgehead atoms. The zero-order valence-electron chi connectivity index (χ0n) is 11.5. The Morgan fingerprint density at radius 2 is 1.70 bits per heavy atom. The van der Waals surface area contributed by atoms with E-state index in [2.05, 4.69) is 22.6 Å². The number of fused-ring (bicyclic) bond motifs is 1. The maximum Gasteiger partial charge on any atom is 0.0771 e. The van der Waals surface area contributed by atoms with Gasteiger partial charge in [0.05, 0.1) is 15.4 Å². The SMILES string of the molecule is CS(=O)(=NC1=CCCc2ccccc21)c1ccccc1. The van der Waals surface area contributed by atoms with Crippen LogP contribution in [0.1, 0.15) is 17.5 Å². The molecule has 0 heterocycles. The fourth-order valence-corrected chi connectivity index (χ4v) is 3.78. The topological polar surface area (TPSA) is 29.4 Å². The molecular weight excluding hydrogens is 266 g/mol. The van der Waals surface area contributed by atoms with Crippen LogP contribution < -0.4 is 0 Å². The Balaban J connectivity index is 2.09. The first-order valence-electron chi connectivity index (χ1n) is 6.72. The summed E-state index contributed by atoms with van der Waals surface area (Å²) in [5, 5.41) is 0. The van der Waals surface area contributed by atoms with Gasteiger partial charge in [-0.05, 0) is 30.5 Å². The van der Waals surface area contributed by atoms with Gasteiger partial charge in [0.25, 0.3) is 0 Å². The van der Waals surface area contributed by atoms with Crippen molar-refractivity contribution in [1.29, 1.82) is 0 Å². The lowest BCUT2D eigenvalue weighted by molar-refractivity contribution is 0.681. The maximum absolute atomic E-state index is 12.9. The highest BCUT2D eigenvalue weighted by molar-refractivity contribution is 7.93. The third-order valence-corrected chi connectivity index (χ3v) is 5.19. The van der Waals surface area contributed by atoms with Gasteiger partial charge in [0.2, 0.25) is 0 Å². The number of benzene rings is 2. The van der Waals surface area contributed by atoms with Gasteiger partial charge in [-0.3, -0.25) is 0 Å². The van der Waals surface area contributed by atoms with Gasteiger partial charge in [0.15, 0.2) is 0 Å². The molecule has 0 N–H and O–H groups in total. The van der Waals surface area contributed by atoms with E-state index >= 15 is 0 Å². The van der Waals surface area contributed by atoms with E-state index in [1.165, 1.54) is 5.56 Å². The Kier molecular flexibility index (Phi) is 3.45. The number of nitrogens with zero attached hydrogens (tertiary/aromatic N) is 1. The van der Waals surface area contributed by atoms with Crippen LogP contribution in [0.3, 0.4) is 0 Å². The molecule has 0 aromatic heterocycles. The first kappa shape index (κ1) is 13.1. The monoisotopic (exact) mass is 283 g/mol. The van der Waals surface area contributed by atoms with Gasteiger partial charge in [0.1, 0.15) is 0 Å². The Morgan fingerprint density at radius 1 is 1.00 bits per heavy atom. The van der Waals surface area contributed by atoms with E-state index in [1.807, 2.05) is 42.5 Å². The molecule has 0 spiro atoms. The van der Waals surface area contributed by atoms with Crippen LogP contribution in [-0.4, -0.2) is 10.5 Å². The molecule has 0 amide bonds. The molecule has 0 aliphatic heterocycles. The smallest absolute Gasteiger partial charge is 0.0771 e. The fraction of sp³-hybridized carbons (Fsp3) is 0.176. The Hall–Kier alpha value is -1.87. The zero-order chi connectivity index (χ0) is 14.0. The lowest BCUT2D eigenvalue weighted by Gasteiger charge is -2.15. The fourth-order valence-electron chi connectivity index (χ4n) is 2.46. The second-order valence-electron chi connectivity index (χ2n) is 4.99. The third-order valence-electron chi connectivity index (χ3n) is 3.50. The Bertz CT molecular complexity index is 769. The number of aryl methyl sites for hydroxylation is 1. The van der Waals surface area contributed by atoms with Gasteiger partial charge < -0.3 is 0 Å². The quantitative estimate of drug-likeness (QED) is 0.814. The lowest BCUT2D eigenvalue weighted by Crippen LogP contribution is -2.02. The number of rotatable bonds is 2. The molecule has 1 aliphatic rings. The van der Waals surface area contributed by atoms with Crippen molar-refractivity contribution < 1.29 is 4.21 Å². The van der Waals surface area contributed by atoms with Crippen molar-refractivity contribution >= 4 is 15.4 Å². The van der Waals surface area contributed by atoms with E-state index in [0.717, 1.165) is 29.0 Å². The Labute approximate surface area is 120 Å². The summed E-state index contributed by atoms with van der Waals surface area (Å²) in [7, 11) is -2.40. The second-order valence-corrected chi connectivity index (χ2v) is 7.25. The van der Waals surface area contributed by atoms with Gasteiger partial charge in [-0.1, -0.05) is 48.5 Å². The normalized spacial score (nSPS) is 16.8. The van der Waals surface area contributed by atoms with Crippen molar-refractivity contribution in [2.24, 2.45) is 4.36 Å². The van der Waals surface area contributed by atoms with E-state index in [1.54, 1.807) is 6.26 Å². The van der Waals surface area contributed by atoms with Crippen LogP contribution in [0, 0.1) is 0 Å². The van der Waals surface area contributed by atoms with Crippen molar-refractivity contribution in [3.05, 3.63) is 71.8 Å².